The Morgan fingerprint density at radius 1 is 1.38 bits per heavy atom. The van der Waals surface area contributed by atoms with Gasteiger partial charge >= 0.3 is 11.7 Å². The number of carbonyl (C=O) groups excluding carboxylic acids is 1. The van der Waals surface area contributed by atoms with Crippen molar-refractivity contribution >= 4 is 29.2 Å². The lowest BCUT2D eigenvalue weighted by atomic mass is 10.3. The van der Waals surface area contributed by atoms with Crippen LogP contribution in [-0.2, 0) is 11.3 Å². The summed E-state index contributed by atoms with van der Waals surface area (Å²) in [6.45, 7) is 3.32. The fourth-order valence-electron chi connectivity index (χ4n) is 2.73. The summed E-state index contributed by atoms with van der Waals surface area (Å²) in [4.78, 5) is 41.8. The Hall–Kier alpha value is -3.40. The second-order valence-electron chi connectivity index (χ2n) is 6.34. The minimum Gasteiger partial charge on any atom is -0.494 e. The van der Waals surface area contributed by atoms with Crippen molar-refractivity contribution in [3.05, 3.63) is 66.9 Å². The van der Waals surface area contributed by atoms with Crippen LogP contribution in [0.4, 0.5) is 5.69 Å². The molecule has 10 heteroatoms. The van der Waals surface area contributed by atoms with Gasteiger partial charge in [0.05, 0.1) is 25.6 Å². The number of rotatable bonds is 6. The van der Waals surface area contributed by atoms with E-state index in [0.717, 1.165) is 26.7 Å². The zero-order valence-corrected chi connectivity index (χ0v) is 16.8. The molecule has 0 aliphatic carbocycles. The number of aromatic hydroxyl groups is 1. The standard InChI is InChI=1S/C19H19N3O6S/c1-11(2)22-17(24)13(9-20-14-6-8-29-15(14)18(25)27-3)16(23)21(19(22)26)10-12-5-4-7-28-12/h4-9,11,23H,10H2,1-3H3. The number of carbonyl (C=O) groups is 1. The molecule has 3 rings (SSSR count). The van der Waals surface area contributed by atoms with Gasteiger partial charge in [-0.05, 0) is 37.4 Å². The van der Waals surface area contributed by atoms with Gasteiger partial charge in [0.25, 0.3) is 5.56 Å². The van der Waals surface area contributed by atoms with Gasteiger partial charge in [0.1, 0.15) is 16.2 Å². The maximum Gasteiger partial charge on any atom is 0.350 e. The molecule has 29 heavy (non-hydrogen) atoms. The Morgan fingerprint density at radius 3 is 2.76 bits per heavy atom. The van der Waals surface area contributed by atoms with E-state index in [9.17, 15) is 19.5 Å². The number of ether oxygens (including phenoxy) is 1. The Balaban J connectivity index is 2.15. The molecule has 152 valence electrons. The number of aromatic nitrogens is 2. The number of nitrogens with zero attached hydrogens (tertiary/aromatic N) is 3. The van der Waals surface area contributed by atoms with E-state index in [0.29, 0.717) is 11.4 Å². The van der Waals surface area contributed by atoms with Gasteiger partial charge in [0.15, 0.2) is 0 Å². The third-order valence-electron chi connectivity index (χ3n) is 4.14. The summed E-state index contributed by atoms with van der Waals surface area (Å²) in [6, 6.07) is 4.45. The number of hydrogen-bond acceptors (Lipinski definition) is 8. The maximum atomic E-state index is 12.8. The highest BCUT2D eigenvalue weighted by molar-refractivity contribution is 7.12. The Kier molecular flexibility index (Phi) is 5.83. The summed E-state index contributed by atoms with van der Waals surface area (Å²) in [5.74, 6) is -0.657. The summed E-state index contributed by atoms with van der Waals surface area (Å²) in [5, 5.41) is 12.3. The first kappa shape index (κ1) is 20.3. The average Bonchev–Trinajstić information content (AvgIpc) is 3.36. The van der Waals surface area contributed by atoms with Gasteiger partial charge in [-0.25, -0.2) is 9.59 Å². The largest absolute Gasteiger partial charge is 0.494 e. The molecule has 0 amide bonds. The molecule has 0 spiro atoms. The van der Waals surface area contributed by atoms with Crippen LogP contribution in [0.25, 0.3) is 0 Å². The van der Waals surface area contributed by atoms with E-state index in [4.69, 9.17) is 9.15 Å². The molecule has 0 saturated carbocycles. The fourth-order valence-corrected chi connectivity index (χ4v) is 3.49. The van der Waals surface area contributed by atoms with Crippen molar-refractivity contribution in [2.24, 2.45) is 4.99 Å². The highest BCUT2D eigenvalue weighted by atomic mass is 32.1. The Labute approximate surface area is 169 Å². The molecule has 0 aromatic carbocycles. The lowest BCUT2D eigenvalue weighted by Gasteiger charge is -2.15. The zero-order chi connectivity index (χ0) is 21.1. The van der Waals surface area contributed by atoms with Crippen molar-refractivity contribution in [1.29, 1.82) is 0 Å². The van der Waals surface area contributed by atoms with Crippen molar-refractivity contribution < 1.29 is 19.1 Å². The molecule has 0 radical (unpaired) electrons. The zero-order valence-electron chi connectivity index (χ0n) is 16.0. The van der Waals surface area contributed by atoms with Gasteiger partial charge in [-0.15, -0.1) is 11.3 Å². The molecule has 3 heterocycles. The normalized spacial score (nSPS) is 11.4. The summed E-state index contributed by atoms with van der Waals surface area (Å²) in [7, 11) is 1.26. The van der Waals surface area contributed by atoms with Crippen LogP contribution < -0.4 is 11.2 Å². The number of aliphatic imine (C=N–C) groups is 1. The SMILES string of the molecule is COC(=O)c1sccc1N=Cc1c(O)n(Cc2ccco2)c(=O)n(C(C)C)c1=O. The van der Waals surface area contributed by atoms with Crippen LogP contribution in [0.3, 0.4) is 0 Å². The van der Waals surface area contributed by atoms with Crippen molar-refractivity contribution in [3.8, 4) is 5.88 Å². The number of thiophene rings is 1. The first-order valence-corrected chi connectivity index (χ1v) is 9.53. The minimum atomic E-state index is -0.684. The predicted molar refractivity (Wildman–Crippen MR) is 108 cm³/mol. The van der Waals surface area contributed by atoms with E-state index in [1.54, 1.807) is 37.4 Å². The van der Waals surface area contributed by atoms with Crippen LogP contribution in [0.15, 0.2) is 48.8 Å². The number of esters is 1. The third-order valence-corrected chi connectivity index (χ3v) is 5.02. The van der Waals surface area contributed by atoms with E-state index in [-0.39, 0.29) is 17.0 Å². The second-order valence-corrected chi connectivity index (χ2v) is 7.26. The summed E-state index contributed by atoms with van der Waals surface area (Å²) in [6.07, 6.45) is 2.59. The molecular formula is C19H19N3O6S. The summed E-state index contributed by atoms with van der Waals surface area (Å²) >= 11 is 1.14. The summed E-state index contributed by atoms with van der Waals surface area (Å²) < 4.78 is 12.0. The van der Waals surface area contributed by atoms with Gasteiger partial charge in [-0.2, -0.15) is 0 Å². The van der Waals surface area contributed by atoms with Crippen molar-refractivity contribution in [2.45, 2.75) is 26.4 Å². The molecule has 0 atom stereocenters. The maximum absolute atomic E-state index is 12.8. The second kappa shape index (κ2) is 8.31. The highest BCUT2D eigenvalue weighted by Gasteiger charge is 2.20. The van der Waals surface area contributed by atoms with Gasteiger partial charge in [-0.3, -0.25) is 18.9 Å². The average molecular weight is 417 g/mol. The van der Waals surface area contributed by atoms with Crippen LogP contribution in [0.5, 0.6) is 5.88 Å². The molecule has 0 aliphatic rings. The van der Waals surface area contributed by atoms with Crippen molar-refractivity contribution in [3.63, 3.8) is 0 Å². The molecule has 3 aromatic heterocycles. The van der Waals surface area contributed by atoms with E-state index in [2.05, 4.69) is 4.99 Å². The van der Waals surface area contributed by atoms with Crippen LogP contribution in [0.1, 0.15) is 40.9 Å². The molecule has 0 saturated heterocycles. The molecular weight excluding hydrogens is 398 g/mol. The molecule has 0 fully saturated rings. The highest BCUT2D eigenvalue weighted by Crippen LogP contribution is 2.26. The lowest BCUT2D eigenvalue weighted by Crippen LogP contribution is -2.42. The third kappa shape index (κ3) is 3.92. The number of hydrogen-bond donors (Lipinski definition) is 1. The van der Waals surface area contributed by atoms with Gasteiger partial charge < -0.3 is 14.3 Å². The topological polar surface area (TPSA) is 116 Å². The van der Waals surface area contributed by atoms with Crippen LogP contribution in [-0.4, -0.2) is 33.5 Å². The van der Waals surface area contributed by atoms with Crippen molar-refractivity contribution in [1.82, 2.24) is 9.13 Å². The Bertz CT molecular complexity index is 1170. The van der Waals surface area contributed by atoms with Gasteiger partial charge in [-0.1, -0.05) is 0 Å². The molecule has 1 N–H and O–H groups in total. The van der Waals surface area contributed by atoms with Crippen molar-refractivity contribution in [2.75, 3.05) is 7.11 Å². The molecule has 0 aliphatic heterocycles. The number of furan rings is 1. The molecule has 0 bridgehead atoms. The quantitative estimate of drug-likeness (QED) is 0.487. The monoisotopic (exact) mass is 417 g/mol. The number of methoxy groups -OCH3 is 1. The smallest absolute Gasteiger partial charge is 0.350 e. The van der Waals surface area contributed by atoms with Gasteiger partial charge in [0.2, 0.25) is 5.88 Å². The first-order chi connectivity index (χ1) is 13.8. The van der Waals surface area contributed by atoms with E-state index >= 15 is 0 Å². The van der Waals surface area contributed by atoms with Gasteiger partial charge in [0, 0.05) is 12.3 Å². The van der Waals surface area contributed by atoms with Crippen LogP contribution >= 0.6 is 11.3 Å². The first-order valence-electron chi connectivity index (χ1n) is 8.65. The fraction of sp³-hybridized carbons (Fsp3) is 0.263. The minimum absolute atomic E-state index is 0.0582. The molecule has 9 nitrogen and oxygen atoms in total. The van der Waals surface area contributed by atoms with E-state index in [1.165, 1.54) is 13.4 Å². The van der Waals surface area contributed by atoms with Crippen LogP contribution in [0.2, 0.25) is 0 Å². The van der Waals surface area contributed by atoms with E-state index in [1.807, 2.05) is 0 Å². The molecule has 3 aromatic rings. The lowest BCUT2D eigenvalue weighted by molar-refractivity contribution is 0.0607. The Morgan fingerprint density at radius 2 is 2.14 bits per heavy atom. The van der Waals surface area contributed by atoms with E-state index < -0.39 is 29.1 Å². The predicted octanol–water partition coefficient (Wildman–Crippen LogP) is 2.54. The van der Waals surface area contributed by atoms with Crippen LogP contribution in [0, 0.1) is 0 Å². The summed E-state index contributed by atoms with van der Waals surface area (Å²) in [5.41, 5.74) is -1.23. The molecule has 0 unspecified atom stereocenters.